The summed E-state index contributed by atoms with van der Waals surface area (Å²) in [7, 11) is 1.94. The molecule has 0 spiro atoms. The van der Waals surface area contributed by atoms with Crippen LogP contribution >= 0.6 is 0 Å². The minimum atomic E-state index is -0.252. The van der Waals surface area contributed by atoms with Crippen LogP contribution in [0.4, 0.5) is 10.5 Å². The molecule has 0 aromatic carbocycles. The van der Waals surface area contributed by atoms with Crippen LogP contribution in [-0.4, -0.2) is 33.8 Å². The number of carbonyl (C=O) groups excluding carboxylic acids is 1. The lowest BCUT2D eigenvalue weighted by atomic mass is 9.91. The Morgan fingerprint density at radius 1 is 1.39 bits per heavy atom. The van der Waals surface area contributed by atoms with Gasteiger partial charge in [-0.1, -0.05) is 0 Å². The molecule has 7 nitrogen and oxygen atoms in total. The molecule has 1 unspecified atom stereocenters. The highest BCUT2D eigenvalue weighted by Gasteiger charge is 2.29. The first-order chi connectivity index (χ1) is 11.2. The molecule has 3 heterocycles. The Morgan fingerprint density at radius 3 is 2.87 bits per heavy atom. The van der Waals surface area contributed by atoms with Crippen LogP contribution in [0.1, 0.15) is 24.7 Å². The molecule has 122 valence electrons. The van der Waals surface area contributed by atoms with Crippen LogP contribution < -0.4 is 10.6 Å². The summed E-state index contributed by atoms with van der Waals surface area (Å²) in [5.41, 5.74) is 0.663. The number of aryl methyl sites for hydroxylation is 1. The zero-order valence-corrected chi connectivity index (χ0v) is 13.1. The SMILES string of the molecule is Cn1ccnc1C(NC(=O)Nc1cccnc1)C1CCOCC1. The number of hydrogen-bond donors (Lipinski definition) is 2. The van der Waals surface area contributed by atoms with Gasteiger partial charge in [0.25, 0.3) is 0 Å². The number of aromatic nitrogens is 3. The standard InChI is InChI=1S/C16H21N5O2/c1-21-8-7-18-15(21)14(12-4-9-23-10-5-12)20-16(22)19-13-3-2-6-17-11-13/h2-3,6-8,11-12,14H,4-5,9-10H2,1H3,(H2,19,20,22). The third kappa shape index (κ3) is 3.87. The van der Waals surface area contributed by atoms with Crippen molar-refractivity contribution < 1.29 is 9.53 Å². The lowest BCUT2D eigenvalue weighted by Gasteiger charge is -2.30. The Bertz CT molecular complexity index is 637. The van der Waals surface area contributed by atoms with Gasteiger partial charge in [0.1, 0.15) is 5.82 Å². The first-order valence-electron chi connectivity index (χ1n) is 7.76. The molecule has 0 radical (unpaired) electrons. The molecule has 0 saturated carbocycles. The van der Waals surface area contributed by atoms with Crippen molar-refractivity contribution in [3.8, 4) is 0 Å². The smallest absolute Gasteiger partial charge is 0.319 e. The molecule has 2 amide bonds. The van der Waals surface area contributed by atoms with Crippen LogP contribution in [0.25, 0.3) is 0 Å². The molecule has 23 heavy (non-hydrogen) atoms. The van der Waals surface area contributed by atoms with Gasteiger partial charge >= 0.3 is 6.03 Å². The highest BCUT2D eigenvalue weighted by Crippen LogP contribution is 2.29. The Morgan fingerprint density at radius 2 is 2.22 bits per heavy atom. The summed E-state index contributed by atoms with van der Waals surface area (Å²) in [4.78, 5) is 20.8. The molecule has 7 heteroatoms. The highest BCUT2D eigenvalue weighted by molar-refractivity contribution is 5.89. The first-order valence-corrected chi connectivity index (χ1v) is 7.76. The van der Waals surface area contributed by atoms with E-state index >= 15 is 0 Å². The second-order valence-electron chi connectivity index (χ2n) is 5.66. The monoisotopic (exact) mass is 315 g/mol. The number of carbonyl (C=O) groups is 1. The fraction of sp³-hybridized carbons (Fsp3) is 0.438. The first kappa shape index (κ1) is 15.5. The summed E-state index contributed by atoms with van der Waals surface area (Å²) in [6.07, 6.45) is 8.74. The van der Waals surface area contributed by atoms with Gasteiger partial charge in [-0.2, -0.15) is 0 Å². The van der Waals surface area contributed by atoms with Gasteiger partial charge in [0.2, 0.25) is 0 Å². The zero-order valence-electron chi connectivity index (χ0n) is 13.1. The van der Waals surface area contributed by atoms with Gasteiger partial charge in [-0.3, -0.25) is 4.98 Å². The number of ether oxygens (including phenoxy) is 1. The van der Waals surface area contributed by atoms with Crippen LogP contribution in [0.5, 0.6) is 0 Å². The molecule has 2 aromatic rings. The fourth-order valence-electron chi connectivity index (χ4n) is 2.86. The molecule has 3 rings (SSSR count). The summed E-state index contributed by atoms with van der Waals surface area (Å²) < 4.78 is 7.38. The number of rotatable bonds is 4. The number of anilines is 1. The lowest BCUT2D eigenvalue weighted by Crippen LogP contribution is -2.39. The van der Waals surface area contributed by atoms with E-state index in [4.69, 9.17) is 4.74 Å². The number of nitrogens with one attached hydrogen (secondary N) is 2. The Labute approximate surface area is 135 Å². The molecule has 1 saturated heterocycles. The second kappa shape index (κ2) is 7.23. The highest BCUT2D eigenvalue weighted by atomic mass is 16.5. The predicted octanol–water partition coefficient (Wildman–Crippen LogP) is 2.10. The van der Waals surface area contributed by atoms with E-state index < -0.39 is 0 Å². The summed E-state index contributed by atoms with van der Waals surface area (Å²) in [6.45, 7) is 1.44. The van der Waals surface area contributed by atoms with Crippen molar-refractivity contribution in [1.82, 2.24) is 19.9 Å². The van der Waals surface area contributed by atoms with Gasteiger partial charge in [-0.05, 0) is 30.9 Å². The molecular weight excluding hydrogens is 294 g/mol. The average Bonchev–Trinajstić information content (AvgIpc) is 3.00. The van der Waals surface area contributed by atoms with E-state index in [2.05, 4.69) is 20.6 Å². The van der Waals surface area contributed by atoms with Gasteiger partial charge in [-0.15, -0.1) is 0 Å². The maximum absolute atomic E-state index is 12.4. The van der Waals surface area contributed by atoms with E-state index in [0.29, 0.717) is 11.6 Å². The number of hydrogen-bond acceptors (Lipinski definition) is 4. The van der Waals surface area contributed by atoms with Crippen LogP contribution in [0.2, 0.25) is 0 Å². The average molecular weight is 315 g/mol. The van der Waals surface area contributed by atoms with Crippen LogP contribution in [0, 0.1) is 5.92 Å². The van der Waals surface area contributed by atoms with Crippen molar-refractivity contribution in [2.45, 2.75) is 18.9 Å². The largest absolute Gasteiger partial charge is 0.381 e. The van der Waals surface area contributed by atoms with E-state index in [-0.39, 0.29) is 12.1 Å². The molecule has 1 aliphatic rings. The van der Waals surface area contributed by atoms with Crippen molar-refractivity contribution in [3.05, 3.63) is 42.7 Å². The molecular formula is C16H21N5O2. The Kier molecular flexibility index (Phi) is 4.87. The van der Waals surface area contributed by atoms with Gasteiger partial charge < -0.3 is 19.9 Å². The quantitative estimate of drug-likeness (QED) is 0.905. The summed E-state index contributed by atoms with van der Waals surface area (Å²) in [5.74, 6) is 1.17. The van der Waals surface area contributed by atoms with E-state index in [1.165, 1.54) is 0 Å². The fourth-order valence-corrected chi connectivity index (χ4v) is 2.86. The Hall–Kier alpha value is -2.41. The van der Waals surface area contributed by atoms with E-state index in [1.54, 1.807) is 30.7 Å². The van der Waals surface area contributed by atoms with Crippen molar-refractivity contribution in [2.24, 2.45) is 13.0 Å². The number of imidazole rings is 1. The summed E-state index contributed by atoms with van der Waals surface area (Å²) >= 11 is 0. The van der Waals surface area contributed by atoms with Crippen molar-refractivity contribution in [2.75, 3.05) is 18.5 Å². The molecule has 0 bridgehead atoms. The van der Waals surface area contributed by atoms with Crippen molar-refractivity contribution in [3.63, 3.8) is 0 Å². The molecule has 0 aliphatic carbocycles. The Balaban J connectivity index is 1.73. The van der Waals surface area contributed by atoms with Crippen molar-refractivity contribution in [1.29, 1.82) is 0 Å². The lowest BCUT2D eigenvalue weighted by molar-refractivity contribution is 0.0537. The van der Waals surface area contributed by atoms with Crippen molar-refractivity contribution >= 4 is 11.7 Å². The zero-order chi connectivity index (χ0) is 16.1. The normalized spacial score (nSPS) is 16.7. The van der Waals surface area contributed by atoms with Crippen LogP contribution in [0.15, 0.2) is 36.9 Å². The second-order valence-corrected chi connectivity index (χ2v) is 5.66. The maximum atomic E-state index is 12.4. The van der Waals surface area contributed by atoms with E-state index in [9.17, 15) is 4.79 Å². The molecule has 1 aliphatic heterocycles. The summed E-state index contributed by atoms with van der Waals surface area (Å²) in [6, 6.07) is 3.19. The van der Waals surface area contributed by atoms with Crippen LogP contribution in [-0.2, 0) is 11.8 Å². The minimum Gasteiger partial charge on any atom is -0.381 e. The van der Waals surface area contributed by atoms with Gasteiger partial charge in [-0.25, -0.2) is 9.78 Å². The van der Waals surface area contributed by atoms with Gasteiger partial charge in [0.05, 0.1) is 17.9 Å². The maximum Gasteiger partial charge on any atom is 0.319 e. The third-order valence-electron chi connectivity index (χ3n) is 4.08. The van der Waals surface area contributed by atoms with Crippen LogP contribution in [0.3, 0.4) is 0 Å². The third-order valence-corrected chi connectivity index (χ3v) is 4.08. The molecule has 2 aromatic heterocycles. The minimum absolute atomic E-state index is 0.143. The number of nitrogens with zero attached hydrogens (tertiary/aromatic N) is 3. The number of pyridine rings is 1. The molecule has 1 atom stereocenters. The number of amides is 2. The van der Waals surface area contributed by atoms with Gasteiger partial charge in [0, 0.05) is 38.9 Å². The molecule has 2 N–H and O–H groups in total. The summed E-state index contributed by atoms with van der Waals surface area (Å²) in [5, 5.41) is 5.87. The number of urea groups is 1. The topological polar surface area (TPSA) is 81.1 Å². The molecule has 1 fully saturated rings. The van der Waals surface area contributed by atoms with E-state index in [1.807, 2.05) is 17.8 Å². The predicted molar refractivity (Wildman–Crippen MR) is 85.9 cm³/mol. The van der Waals surface area contributed by atoms with Gasteiger partial charge in [0.15, 0.2) is 0 Å². The van der Waals surface area contributed by atoms with E-state index in [0.717, 1.165) is 31.9 Å².